The number of hydrogen-bond acceptors (Lipinski definition) is 5. The molecular formula is C19H16N4O2S. The van der Waals surface area contributed by atoms with Crippen LogP contribution in [0.25, 0.3) is 16.2 Å². The van der Waals surface area contributed by atoms with Gasteiger partial charge in [0.15, 0.2) is 0 Å². The van der Waals surface area contributed by atoms with E-state index in [0.29, 0.717) is 10.5 Å². The Morgan fingerprint density at radius 2 is 2.04 bits per heavy atom. The summed E-state index contributed by atoms with van der Waals surface area (Å²) in [4.78, 5) is 17.6. The van der Waals surface area contributed by atoms with Gasteiger partial charge in [0.1, 0.15) is 5.75 Å². The number of nitrogens with zero attached hydrogens (tertiary/aromatic N) is 3. The standard InChI is InChI=1S/C19H16N4O2S/c1-12-6-3-4-9-15(12)17(24)20-18-21-19-23(22-18)16(11-26-19)13-7-5-8-14(10-13)25-2/h3-11H,1-2H3,(H,20,22,24). The molecule has 7 heteroatoms. The Morgan fingerprint density at radius 1 is 1.19 bits per heavy atom. The molecule has 2 aromatic heterocycles. The van der Waals surface area contributed by atoms with Crippen molar-refractivity contribution in [3.63, 3.8) is 0 Å². The van der Waals surface area contributed by atoms with Crippen molar-refractivity contribution in [1.82, 2.24) is 14.6 Å². The summed E-state index contributed by atoms with van der Waals surface area (Å²) in [6.45, 7) is 1.90. The summed E-state index contributed by atoms with van der Waals surface area (Å²) in [5.41, 5.74) is 3.38. The maximum absolute atomic E-state index is 12.5. The van der Waals surface area contributed by atoms with Crippen molar-refractivity contribution in [2.45, 2.75) is 6.92 Å². The fourth-order valence-corrected chi connectivity index (χ4v) is 3.54. The summed E-state index contributed by atoms with van der Waals surface area (Å²) < 4.78 is 7.01. The fourth-order valence-electron chi connectivity index (χ4n) is 2.71. The van der Waals surface area contributed by atoms with E-state index in [1.165, 1.54) is 11.3 Å². The number of hydrogen-bond donors (Lipinski definition) is 1. The zero-order chi connectivity index (χ0) is 18.1. The molecule has 1 N–H and O–H groups in total. The largest absolute Gasteiger partial charge is 0.497 e. The van der Waals surface area contributed by atoms with Crippen LogP contribution in [0.4, 0.5) is 5.95 Å². The second-order valence-electron chi connectivity index (χ2n) is 5.75. The highest BCUT2D eigenvalue weighted by atomic mass is 32.1. The average Bonchev–Trinajstić information content (AvgIpc) is 3.22. The molecule has 0 spiro atoms. The number of thiazole rings is 1. The summed E-state index contributed by atoms with van der Waals surface area (Å²) in [5.74, 6) is 0.841. The van der Waals surface area contributed by atoms with Gasteiger partial charge in [-0.05, 0) is 30.7 Å². The molecule has 2 aromatic carbocycles. The molecule has 1 amide bonds. The van der Waals surface area contributed by atoms with Crippen molar-refractivity contribution in [3.8, 4) is 17.0 Å². The lowest BCUT2D eigenvalue weighted by atomic mass is 10.1. The van der Waals surface area contributed by atoms with Gasteiger partial charge in [-0.2, -0.15) is 4.98 Å². The minimum atomic E-state index is -0.218. The van der Waals surface area contributed by atoms with Crippen LogP contribution in [0.15, 0.2) is 53.9 Å². The highest BCUT2D eigenvalue weighted by molar-refractivity contribution is 7.15. The second kappa shape index (κ2) is 6.61. The van der Waals surface area contributed by atoms with Crippen molar-refractivity contribution >= 4 is 28.2 Å². The monoisotopic (exact) mass is 364 g/mol. The number of benzene rings is 2. The Morgan fingerprint density at radius 3 is 2.85 bits per heavy atom. The van der Waals surface area contributed by atoms with Crippen LogP contribution in [0, 0.1) is 6.92 Å². The van der Waals surface area contributed by atoms with Crippen LogP contribution in [-0.2, 0) is 0 Å². The minimum absolute atomic E-state index is 0.218. The second-order valence-corrected chi connectivity index (χ2v) is 6.59. The number of aromatic nitrogens is 3. The first kappa shape index (κ1) is 16.3. The third kappa shape index (κ3) is 2.93. The summed E-state index contributed by atoms with van der Waals surface area (Å²) in [5, 5.41) is 9.20. The van der Waals surface area contributed by atoms with Gasteiger partial charge in [-0.1, -0.05) is 30.3 Å². The molecule has 0 bridgehead atoms. The van der Waals surface area contributed by atoms with Gasteiger partial charge in [0, 0.05) is 16.5 Å². The Hall–Kier alpha value is -3.19. The van der Waals surface area contributed by atoms with Crippen LogP contribution in [0.5, 0.6) is 5.75 Å². The molecule has 0 saturated heterocycles. The van der Waals surface area contributed by atoms with Gasteiger partial charge in [0.05, 0.1) is 12.8 Å². The average molecular weight is 364 g/mol. The van der Waals surface area contributed by atoms with Gasteiger partial charge in [0.2, 0.25) is 4.96 Å². The molecule has 0 aliphatic heterocycles. The first-order valence-electron chi connectivity index (χ1n) is 8.01. The van der Waals surface area contributed by atoms with E-state index < -0.39 is 0 Å². The van der Waals surface area contributed by atoms with Crippen LogP contribution >= 0.6 is 11.3 Å². The molecule has 0 radical (unpaired) electrons. The molecule has 0 aliphatic rings. The van der Waals surface area contributed by atoms with E-state index in [0.717, 1.165) is 22.6 Å². The molecule has 0 unspecified atom stereocenters. The third-order valence-electron chi connectivity index (χ3n) is 4.06. The lowest BCUT2D eigenvalue weighted by Crippen LogP contribution is -2.14. The van der Waals surface area contributed by atoms with Crippen LogP contribution in [0.1, 0.15) is 15.9 Å². The van der Waals surface area contributed by atoms with Crippen LogP contribution < -0.4 is 10.1 Å². The van der Waals surface area contributed by atoms with Gasteiger partial charge in [-0.25, -0.2) is 4.52 Å². The molecule has 0 fully saturated rings. The first-order chi connectivity index (χ1) is 12.7. The summed E-state index contributed by atoms with van der Waals surface area (Å²) in [6.07, 6.45) is 0. The topological polar surface area (TPSA) is 68.5 Å². The number of rotatable bonds is 4. The van der Waals surface area contributed by atoms with Crippen LogP contribution in [-0.4, -0.2) is 27.6 Å². The van der Waals surface area contributed by atoms with E-state index in [9.17, 15) is 4.79 Å². The first-order valence-corrected chi connectivity index (χ1v) is 8.89. The van der Waals surface area contributed by atoms with Crippen molar-refractivity contribution < 1.29 is 9.53 Å². The van der Waals surface area contributed by atoms with E-state index >= 15 is 0 Å². The maximum atomic E-state index is 12.5. The van der Waals surface area contributed by atoms with E-state index in [1.807, 2.05) is 54.8 Å². The molecule has 0 saturated carbocycles. The quantitative estimate of drug-likeness (QED) is 0.594. The van der Waals surface area contributed by atoms with Gasteiger partial charge in [-0.3, -0.25) is 10.1 Å². The number of carbonyl (C=O) groups is 1. The Balaban J connectivity index is 1.66. The number of nitrogens with one attached hydrogen (secondary N) is 1. The number of ether oxygens (including phenoxy) is 1. The van der Waals surface area contributed by atoms with Gasteiger partial charge >= 0.3 is 0 Å². The Labute approximate surface area is 154 Å². The highest BCUT2D eigenvalue weighted by Gasteiger charge is 2.15. The number of anilines is 1. The summed E-state index contributed by atoms with van der Waals surface area (Å²) in [7, 11) is 1.64. The van der Waals surface area contributed by atoms with E-state index in [4.69, 9.17) is 4.74 Å². The van der Waals surface area contributed by atoms with Crippen molar-refractivity contribution in [1.29, 1.82) is 0 Å². The number of aryl methyl sites for hydroxylation is 1. The normalized spacial score (nSPS) is 10.8. The molecule has 0 atom stereocenters. The maximum Gasteiger partial charge on any atom is 0.258 e. The Bertz CT molecular complexity index is 1100. The van der Waals surface area contributed by atoms with E-state index in [1.54, 1.807) is 17.7 Å². The summed E-state index contributed by atoms with van der Waals surface area (Å²) in [6, 6.07) is 15.2. The zero-order valence-electron chi connectivity index (χ0n) is 14.3. The molecule has 2 heterocycles. The number of carbonyl (C=O) groups excluding carboxylic acids is 1. The zero-order valence-corrected chi connectivity index (χ0v) is 15.1. The van der Waals surface area contributed by atoms with Crippen molar-refractivity contribution in [2.24, 2.45) is 0 Å². The number of fused-ring (bicyclic) bond motifs is 1. The molecule has 4 aromatic rings. The molecule has 6 nitrogen and oxygen atoms in total. The lowest BCUT2D eigenvalue weighted by molar-refractivity contribution is 0.102. The summed E-state index contributed by atoms with van der Waals surface area (Å²) >= 11 is 1.47. The van der Waals surface area contributed by atoms with Gasteiger partial charge in [0.25, 0.3) is 11.9 Å². The SMILES string of the molecule is COc1cccc(-c2csc3nc(NC(=O)c4ccccc4C)nn23)c1. The fraction of sp³-hybridized carbons (Fsp3) is 0.105. The molecular weight excluding hydrogens is 348 g/mol. The molecule has 4 rings (SSSR count). The molecule has 0 aliphatic carbocycles. The van der Waals surface area contributed by atoms with E-state index in [-0.39, 0.29) is 11.9 Å². The number of amides is 1. The van der Waals surface area contributed by atoms with E-state index in [2.05, 4.69) is 15.4 Å². The smallest absolute Gasteiger partial charge is 0.258 e. The Kier molecular flexibility index (Phi) is 4.14. The van der Waals surface area contributed by atoms with Gasteiger partial charge in [-0.15, -0.1) is 16.4 Å². The predicted molar refractivity (Wildman–Crippen MR) is 102 cm³/mol. The third-order valence-corrected chi connectivity index (χ3v) is 4.88. The minimum Gasteiger partial charge on any atom is -0.497 e. The predicted octanol–water partition coefficient (Wildman–Crippen LogP) is 4.03. The van der Waals surface area contributed by atoms with Crippen LogP contribution in [0.3, 0.4) is 0 Å². The molecule has 26 heavy (non-hydrogen) atoms. The lowest BCUT2D eigenvalue weighted by Gasteiger charge is -2.04. The van der Waals surface area contributed by atoms with Crippen LogP contribution in [0.2, 0.25) is 0 Å². The number of methoxy groups -OCH3 is 1. The van der Waals surface area contributed by atoms with Crippen molar-refractivity contribution in [2.75, 3.05) is 12.4 Å². The molecule has 130 valence electrons. The highest BCUT2D eigenvalue weighted by Crippen LogP contribution is 2.28. The van der Waals surface area contributed by atoms with Gasteiger partial charge < -0.3 is 4.74 Å². The van der Waals surface area contributed by atoms with Crippen molar-refractivity contribution in [3.05, 3.63) is 65.0 Å².